The number of halogens is 1. The lowest BCUT2D eigenvalue weighted by Gasteiger charge is -2.34. The standard InChI is InChI=1S/C19H33ClN4O2/c1-13(14(2)25)22-24(15(3)20)12-17-10-7-11-23(17)19(26)18(21)16-8-5-4-6-9-16/h15-18H,4-12,21H2,1-3H3/b22-13+/t15?,17-,18-/m0/s1. The molecule has 1 unspecified atom stereocenters. The lowest BCUT2D eigenvalue weighted by molar-refractivity contribution is -0.135. The number of amides is 1. The molecule has 2 rings (SSSR count). The molecule has 1 saturated heterocycles. The quantitative estimate of drug-likeness (QED) is 0.317. The van der Waals surface area contributed by atoms with E-state index < -0.39 is 6.04 Å². The summed E-state index contributed by atoms with van der Waals surface area (Å²) in [6, 6.07) is -0.359. The van der Waals surface area contributed by atoms with E-state index in [2.05, 4.69) is 5.10 Å². The number of hydrogen-bond donors (Lipinski definition) is 1. The molecule has 2 aliphatic rings. The number of nitrogens with two attached hydrogens (primary N) is 1. The van der Waals surface area contributed by atoms with Crippen LogP contribution < -0.4 is 5.73 Å². The third kappa shape index (κ3) is 5.43. The largest absolute Gasteiger partial charge is 0.337 e. The lowest BCUT2D eigenvalue weighted by Crippen LogP contribution is -2.52. The molecule has 1 saturated carbocycles. The zero-order valence-corrected chi connectivity index (χ0v) is 17.0. The summed E-state index contributed by atoms with van der Waals surface area (Å²) < 4.78 is 0. The summed E-state index contributed by atoms with van der Waals surface area (Å²) in [7, 11) is 0. The van der Waals surface area contributed by atoms with Gasteiger partial charge in [0.1, 0.15) is 11.2 Å². The molecule has 1 amide bonds. The Morgan fingerprint density at radius 2 is 1.85 bits per heavy atom. The number of likely N-dealkylation sites (tertiary alicyclic amines) is 1. The fourth-order valence-electron chi connectivity index (χ4n) is 3.95. The Labute approximate surface area is 162 Å². The van der Waals surface area contributed by atoms with Gasteiger partial charge in [-0.05, 0) is 45.4 Å². The predicted octanol–water partition coefficient (Wildman–Crippen LogP) is 2.74. The molecule has 3 atom stereocenters. The summed E-state index contributed by atoms with van der Waals surface area (Å²) >= 11 is 6.26. The molecular formula is C19H33ClN4O2. The van der Waals surface area contributed by atoms with Crippen molar-refractivity contribution in [2.75, 3.05) is 13.1 Å². The van der Waals surface area contributed by atoms with Crippen molar-refractivity contribution in [1.82, 2.24) is 9.91 Å². The first kappa shape index (κ1) is 21.2. The van der Waals surface area contributed by atoms with Crippen molar-refractivity contribution in [3.05, 3.63) is 0 Å². The molecule has 1 heterocycles. The monoisotopic (exact) mass is 384 g/mol. The summed E-state index contributed by atoms with van der Waals surface area (Å²) in [5.74, 6) is 0.290. The Hall–Kier alpha value is -1.14. The molecule has 7 heteroatoms. The second kappa shape index (κ2) is 9.70. The number of alkyl halides is 1. The molecule has 0 radical (unpaired) electrons. The predicted molar refractivity (Wildman–Crippen MR) is 105 cm³/mol. The number of Topliss-reactive ketones (excluding diaryl/α,β-unsaturated/α-hetero) is 1. The fourth-order valence-corrected chi connectivity index (χ4v) is 4.07. The van der Waals surface area contributed by atoms with E-state index in [0.29, 0.717) is 18.2 Å². The van der Waals surface area contributed by atoms with E-state index in [1.165, 1.54) is 26.2 Å². The highest BCUT2D eigenvalue weighted by Gasteiger charge is 2.36. The first-order valence-corrected chi connectivity index (χ1v) is 10.3. The molecule has 2 N–H and O–H groups in total. The van der Waals surface area contributed by atoms with Crippen molar-refractivity contribution in [2.24, 2.45) is 16.8 Å². The molecule has 26 heavy (non-hydrogen) atoms. The van der Waals surface area contributed by atoms with E-state index >= 15 is 0 Å². The Kier molecular flexibility index (Phi) is 7.89. The van der Waals surface area contributed by atoms with Crippen LogP contribution in [0.2, 0.25) is 0 Å². The van der Waals surface area contributed by atoms with Crippen molar-refractivity contribution < 1.29 is 9.59 Å². The first-order chi connectivity index (χ1) is 12.3. The number of rotatable bonds is 7. The van der Waals surface area contributed by atoms with E-state index in [0.717, 1.165) is 32.2 Å². The topological polar surface area (TPSA) is 79.0 Å². The first-order valence-electron chi connectivity index (χ1n) is 9.84. The number of carbonyl (C=O) groups excluding carboxylic acids is 2. The zero-order chi connectivity index (χ0) is 19.3. The maximum Gasteiger partial charge on any atom is 0.240 e. The summed E-state index contributed by atoms with van der Waals surface area (Å²) in [4.78, 5) is 26.4. The normalized spacial score (nSPS) is 24.4. The number of ketones is 1. The van der Waals surface area contributed by atoms with Crippen LogP contribution in [0, 0.1) is 5.92 Å². The van der Waals surface area contributed by atoms with Crippen molar-refractivity contribution in [3.63, 3.8) is 0 Å². The Bertz CT molecular complexity index is 532. The molecule has 0 bridgehead atoms. The lowest BCUT2D eigenvalue weighted by atomic mass is 9.83. The van der Waals surface area contributed by atoms with Gasteiger partial charge < -0.3 is 10.6 Å². The molecular weight excluding hydrogens is 352 g/mol. The molecule has 1 aliphatic carbocycles. The highest BCUT2D eigenvalue weighted by Crippen LogP contribution is 2.28. The molecule has 0 aromatic rings. The minimum atomic E-state index is -0.403. The van der Waals surface area contributed by atoms with Gasteiger partial charge in [0, 0.05) is 13.5 Å². The number of carbonyl (C=O) groups is 2. The Morgan fingerprint density at radius 3 is 2.42 bits per heavy atom. The van der Waals surface area contributed by atoms with Crippen LogP contribution in [0.1, 0.15) is 65.7 Å². The molecule has 6 nitrogen and oxygen atoms in total. The van der Waals surface area contributed by atoms with Crippen LogP contribution >= 0.6 is 11.6 Å². The maximum atomic E-state index is 13.0. The van der Waals surface area contributed by atoms with Crippen LogP contribution in [0.25, 0.3) is 0 Å². The van der Waals surface area contributed by atoms with Crippen LogP contribution in [-0.2, 0) is 9.59 Å². The fraction of sp³-hybridized carbons (Fsp3) is 0.842. The van der Waals surface area contributed by atoms with Crippen LogP contribution in [0.4, 0.5) is 0 Å². The van der Waals surface area contributed by atoms with Crippen molar-refractivity contribution in [3.8, 4) is 0 Å². The van der Waals surface area contributed by atoms with E-state index in [1.54, 1.807) is 11.9 Å². The van der Waals surface area contributed by atoms with Crippen molar-refractivity contribution in [2.45, 2.75) is 83.3 Å². The van der Waals surface area contributed by atoms with Gasteiger partial charge in [-0.1, -0.05) is 30.9 Å². The molecule has 0 spiro atoms. The van der Waals surface area contributed by atoms with Crippen LogP contribution in [0.5, 0.6) is 0 Å². The highest BCUT2D eigenvalue weighted by atomic mass is 35.5. The number of hydrazone groups is 1. The van der Waals surface area contributed by atoms with E-state index in [9.17, 15) is 9.59 Å². The van der Waals surface area contributed by atoms with Gasteiger partial charge in [0.2, 0.25) is 5.91 Å². The summed E-state index contributed by atoms with van der Waals surface area (Å²) in [5.41, 5.74) is 6.41. The molecule has 2 fully saturated rings. The van der Waals surface area contributed by atoms with E-state index in [4.69, 9.17) is 17.3 Å². The van der Waals surface area contributed by atoms with Gasteiger partial charge in [-0.2, -0.15) is 5.10 Å². The summed E-state index contributed by atoms with van der Waals surface area (Å²) in [6.45, 7) is 6.27. The van der Waals surface area contributed by atoms with Gasteiger partial charge in [-0.15, -0.1) is 0 Å². The molecule has 1 aliphatic heterocycles. The van der Waals surface area contributed by atoms with Gasteiger partial charge in [0.05, 0.1) is 18.6 Å². The summed E-state index contributed by atoms with van der Waals surface area (Å²) in [6.07, 6.45) is 7.58. The number of nitrogens with zero attached hydrogens (tertiary/aromatic N) is 3. The highest BCUT2D eigenvalue weighted by molar-refractivity contribution is 6.37. The minimum Gasteiger partial charge on any atom is -0.337 e. The van der Waals surface area contributed by atoms with Crippen LogP contribution in [-0.4, -0.2) is 58.0 Å². The van der Waals surface area contributed by atoms with Crippen molar-refractivity contribution in [1.29, 1.82) is 0 Å². The second-order valence-electron chi connectivity index (χ2n) is 7.69. The molecule has 148 valence electrons. The van der Waals surface area contributed by atoms with Crippen molar-refractivity contribution >= 4 is 29.0 Å². The van der Waals surface area contributed by atoms with Gasteiger partial charge in [-0.25, -0.2) is 0 Å². The average Bonchev–Trinajstić information content (AvgIpc) is 3.08. The SMILES string of the molecule is CC(=O)/C(C)=N/N(C[C@@H]1CCCN1C(=O)[C@@H](N)C1CCCCC1)C(C)Cl. The molecule has 0 aromatic heterocycles. The van der Waals surface area contributed by atoms with Gasteiger partial charge in [-0.3, -0.25) is 14.6 Å². The minimum absolute atomic E-state index is 0.0434. The third-order valence-electron chi connectivity index (χ3n) is 5.70. The summed E-state index contributed by atoms with van der Waals surface area (Å²) in [5, 5.41) is 6.08. The zero-order valence-electron chi connectivity index (χ0n) is 16.3. The maximum absolute atomic E-state index is 13.0. The van der Waals surface area contributed by atoms with E-state index in [-0.39, 0.29) is 23.2 Å². The Morgan fingerprint density at radius 1 is 1.19 bits per heavy atom. The molecule has 0 aromatic carbocycles. The van der Waals surface area contributed by atoms with Gasteiger partial charge >= 0.3 is 0 Å². The van der Waals surface area contributed by atoms with Gasteiger partial charge in [0.25, 0.3) is 0 Å². The van der Waals surface area contributed by atoms with E-state index in [1.807, 2.05) is 11.8 Å². The third-order valence-corrected chi connectivity index (χ3v) is 5.92. The smallest absolute Gasteiger partial charge is 0.240 e. The van der Waals surface area contributed by atoms with Crippen LogP contribution in [0.3, 0.4) is 0 Å². The Balaban J connectivity index is 2.04. The second-order valence-corrected chi connectivity index (χ2v) is 8.32. The number of hydrogen-bond acceptors (Lipinski definition) is 5. The van der Waals surface area contributed by atoms with Crippen LogP contribution in [0.15, 0.2) is 5.10 Å². The van der Waals surface area contributed by atoms with Gasteiger partial charge in [0.15, 0.2) is 5.78 Å². The average molecular weight is 385 g/mol.